The van der Waals surface area contributed by atoms with Crippen molar-refractivity contribution in [2.24, 2.45) is 0 Å². The Labute approximate surface area is 207 Å². The maximum Gasteiger partial charge on any atom is 0.153 e. The highest BCUT2D eigenvalue weighted by Gasteiger charge is 2.18. The highest BCUT2D eigenvalue weighted by atomic mass is 32.2. The number of unbranched alkanes of at least 4 members (excludes halogenated alkanes) is 1. The fourth-order valence-corrected chi connectivity index (χ4v) is 5.26. The molecule has 3 N–H and O–H groups in total. The summed E-state index contributed by atoms with van der Waals surface area (Å²) in [6.07, 6.45) is 5.23. The van der Waals surface area contributed by atoms with Crippen LogP contribution in [0.15, 0.2) is 30.6 Å². The van der Waals surface area contributed by atoms with Crippen molar-refractivity contribution in [2.75, 3.05) is 62.1 Å². The van der Waals surface area contributed by atoms with E-state index in [1.807, 2.05) is 13.0 Å². The second kappa shape index (κ2) is 11.9. The minimum absolute atomic E-state index is 0.0556. The molecule has 1 fully saturated rings. The molecule has 1 aromatic carbocycles. The van der Waals surface area contributed by atoms with Crippen LogP contribution in [0.25, 0.3) is 11.0 Å². The van der Waals surface area contributed by atoms with Gasteiger partial charge in [-0.15, -0.1) is 0 Å². The highest BCUT2D eigenvalue weighted by molar-refractivity contribution is 7.86. The molecule has 0 radical (unpaired) electrons. The van der Waals surface area contributed by atoms with Gasteiger partial charge in [0.2, 0.25) is 0 Å². The Kier molecular flexibility index (Phi) is 8.69. The molecule has 1 atom stereocenters. The summed E-state index contributed by atoms with van der Waals surface area (Å²) in [6.45, 7) is 8.03. The maximum atomic E-state index is 15.2. The fourth-order valence-electron chi connectivity index (χ4n) is 4.21. The predicted octanol–water partition coefficient (Wildman–Crippen LogP) is 3.97. The van der Waals surface area contributed by atoms with Crippen LogP contribution in [0.2, 0.25) is 0 Å². The Hall–Kier alpha value is -2.56. The molecule has 1 aliphatic heterocycles. The van der Waals surface area contributed by atoms with E-state index in [1.165, 1.54) is 12.1 Å². The Morgan fingerprint density at radius 1 is 1.20 bits per heavy atom. The van der Waals surface area contributed by atoms with Gasteiger partial charge in [-0.25, -0.2) is 18.0 Å². The van der Waals surface area contributed by atoms with Crippen molar-refractivity contribution in [2.45, 2.75) is 26.2 Å². The number of aromatic nitrogens is 2. The van der Waals surface area contributed by atoms with Crippen LogP contribution in [0.1, 0.15) is 30.9 Å². The minimum Gasteiger partial charge on any atom is -0.382 e. The van der Waals surface area contributed by atoms with Gasteiger partial charge in [-0.05, 0) is 37.2 Å². The molecule has 2 aromatic heterocycles. The van der Waals surface area contributed by atoms with E-state index >= 15 is 4.39 Å². The number of nitrogens with one attached hydrogen (secondary N) is 3. The molecule has 1 aliphatic rings. The molecule has 10 heteroatoms. The van der Waals surface area contributed by atoms with Gasteiger partial charge in [0.25, 0.3) is 0 Å². The number of fused-ring (bicyclic) bond motifs is 1. The van der Waals surface area contributed by atoms with Gasteiger partial charge < -0.3 is 19.9 Å². The van der Waals surface area contributed by atoms with Crippen molar-refractivity contribution in [3.63, 3.8) is 0 Å². The van der Waals surface area contributed by atoms with Gasteiger partial charge in [0.15, 0.2) is 5.82 Å². The first-order valence-electron chi connectivity index (χ1n) is 12.2. The van der Waals surface area contributed by atoms with E-state index < -0.39 is 22.6 Å². The van der Waals surface area contributed by atoms with Crippen molar-refractivity contribution >= 4 is 33.4 Å². The highest BCUT2D eigenvalue weighted by Crippen LogP contribution is 2.28. The number of anilines is 2. The van der Waals surface area contributed by atoms with Crippen LogP contribution >= 0.6 is 0 Å². The zero-order valence-electron chi connectivity index (χ0n) is 20.4. The van der Waals surface area contributed by atoms with Crippen molar-refractivity contribution in [1.29, 1.82) is 0 Å². The van der Waals surface area contributed by atoms with E-state index in [9.17, 15) is 8.60 Å². The predicted molar refractivity (Wildman–Crippen MR) is 139 cm³/mol. The van der Waals surface area contributed by atoms with Gasteiger partial charge in [-0.1, -0.05) is 13.3 Å². The number of likely N-dealkylation sites (N-methyl/N-ethyl adjacent to an activating group) is 1. The van der Waals surface area contributed by atoms with Crippen molar-refractivity contribution < 1.29 is 13.0 Å². The summed E-state index contributed by atoms with van der Waals surface area (Å²) < 4.78 is 44.6. The van der Waals surface area contributed by atoms with E-state index in [2.05, 4.69) is 36.9 Å². The lowest BCUT2D eigenvalue weighted by Crippen LogP contribution is -2.45. The largest absolute Gasteiger partial charge is 0.382 e. The average molecular weight is 505 g/mol. The normalized spacial score (nSPS) is 16.0. The summed E-state index contributed by atoms with van der Waals surface area (Å²) >= 11 is 0. The summed E-state index contributed by atoms with van der Waals surface area (Å²) in [5.74, 6) is -0.920. The molecular formula is C25H34F2N6OS. The quantitative estimate of drug-likeness (QED) is 0.369. The van der Waals surface area contributed by atoms with Crippen LogP contribution in [0, 0.1) is 11.6 Å². The second-order valence-corrected chi connectivity index (χ2v) is 10.4. The summed E-state index contributed by atoms with van der Waals surface area (Å²) in [7, 11) is 0.733. The first-order chi connectivity index (χ1) is 16.9. The number of hydrogen-bond donors (Lipinski definition) is 3. The fraction of sp³-hybridized carbons (Fsp3) is 0.480. The van der Waals surface area contributed by atoms with Crippen molar-refractivity contribution in [3.05, 3.63) is 53.4 Å². The molecule has 0 bridgehead atoms. The molecule has 7 nitrogen and oxygen atoms in total. The third-order valence-electron chi connectivity index (χ3n) is 6.43. The molecule has 190 valence electrons. The van der Waals surface area contributed by atoms with E-state index in [1.54, 1.807) is 12.4 Å². The molecule has 0 amide bonds. The SMILES string of the molecule is CCCCS(=O)Nc1ccc(F)c(Cc2c[nH]c3ncc(NCCN4CCN(C)CC4)cc23)c1F. The molecule has 3 heterocycles. The van der Waals surface area contributed by atoms with E-state index in [-0.39, 0.29) is 17.7 Å². The Balaban J connectivity index is 1.45. The number of pyridine rings is 1. The molecule has 1 saturated heterocycles. The molecule has 0 spiro atoms. The Morgan fingerprint density at radius 2 is 2.00 bits per heavy atom. The lowest BCUT2D eigenvalue weighted by molar-refractivity contribution is 0.158. The smallest absolute Gasteiger partial charge is 0.153 e. The van der Waals surface area contributed by atoms with E-state index in [4.69, 9.17) is 0 Å². The van der Waals surface area contributed by atoms with Gasteiger partial charge >= 0.3 is 0 Å². The molecule has 4 rings (SSSR count). The van der Waals surface area contributed by atoms with Crippen LogP contribution in [-0.4, -0.2) is 76.0 Å². The van der Waals surface area contributed by atoms with Crippen LogP contribution in [0.5, 0.6) is 0 Å². The topological polar surface area (TPSA) is 76.3 Å². The first kappa shape index (κ1) is 25.5. The second-order valence-electron chi connectivity index (χ2n) is 9.08. The number of halogens is 2. The van der Waals surface area contributed by atoms with Crippen LogP contribution < -0.4 is 10.0 Å². The van der Waals surface area contributed by atoms with Gasteiger partial charge in [0.1, 0.15) is 22.5 Å². The van der Waals surface area contributed by atoms with E-state index in [0.29, 0.717) is 11.4 Å². The van der Waals surface area contributed by atoms with Crippen molar-refractivity contribution in [1.82, 2.24) is 19.8 Å². The Bertz CT molecular complexity index is 1160. The lowest BCUT2D eigenvalue weighted by atomic mass is 10.0. The van der Waals surface area contributed by atoms with Gasteiger partial charge in [0, 0.05) is 68.6 Å². The monoisotopic (exact) mass is 504 g/mol. The van der Waals surface area contributed by atoms with Crippen LogP contribution in [0.3, 0.4) is 0 Å². The Morgan fingerprint density at radius 3 is 2.77 bits per heavy atom. The molecule has 0 saturated carbocycles. The number of aromatic amines is 1. The van der Waals surface area contributed by atoms with Gasteiger partial charge in [-0.2, -0.15) is 0 Å². The summed E-state index contributed by atoms with van der Waals surface area (Å²) in [5, 5.41) is 4.24. The molecular weight excluding hydrogens is 470 g/mol. The number of piperazine rings is 1. The lowest BCUT2D eigenvalue weighted by Gasteiger charge is -2.32. The van der Waals surface area contributed by atoms with Gasteiger partial charge in [-0.3, -0.25) is 4.90 Å². The summed E-state index contributed by atoms with van der Waals surface area (Å²) in [5.41, 5.74) is 2.28. The van der Waals surface area contributed by atoms with E-state index in [0.717, 1.165) is 68.7 Å². The number of rotatable bonds is 11. The molecule has 35 heavy (non-hydrogen) atoms. The summed E-state index contributed by atoms with van der Waals surface area (Å²) in [4.78, 5) is 12.3. The van der Waals surface area contributed by atoms with Crippen molar-refractivity contribution in [3.8, 4) is 0 Å². The number of hydrogen-bond acceptors (Lipinski definition) is 5. The third-order valence-corrected chi connectivity index (χ3v) is 7.54. The third kappa shape index (κ3) is 6.56. The first-order valence-corrected chi connectivity index (χ1v) is 13.5. The molecule has 1 unspecified atom stereocenters. The van der Waals surface area contributed by atoms with Crippen LogP contribution in [0.4, 0.5) is 20.2 Å². The standard InChI is InChI=1S/C25H34F2N6OS/c1-3-4-13-35(34)31-23-6-5-22(26)21(24(23)27)14-18-16-29-25-20(18)15-19(17-30-25)28-7-8-33-11-9-32(2)10-12-33/h5-6,15-17,28,31H,3-4,7-14H2,1-2H3,(H,29,30). The number of H-pyrrole nitrogens is 1. The number of nitrogens with zero attached hydrogens (tertiary/aromatic N) is 3. The zero-order chi connectivity index (χ0) is 24.8. The zero-order valence-corrected chi connectivity index (χ0v) is 21.2. The minimum atomic E-state index is -1.41. The maximum absolute atomic E-state index is 15.2. The number of benzene rings is 1. The van der Waals surface area contributed by atoms with Crippen LogP contribution in [-0.2, 0) is 17.4 Å². The molecule has 0 aliphatic carbocycles. The molecule has 3 aromatic rings. The average Bonchev–Trinajstić information content (AvgIpc) is 3.25. The summed E-state index contributed by atoms with van der Waals surface area (Å²) in [6, 6.07) is 4.49. The van der Waals surface area contributed by atoms with Gasteiger partial charge in [0.05, 0.1) is 17.6 Å².